The Morgan fingerprint density at radius 2 is 1.94 bits per heavy atom. The van der Waals surface area contributed by atoms with Crippen LogP contribution in [0.2, 0.25) is 0 Å². The highest BCUT2D eigenvalue weighted by Crippen LogP contribution is 2.31. The lowest BCUT2D eigenvalue weighted by Gasteiger charge is -2.31. The quantitative estimate of drug-likeness (QED) is 0.218. The second-order valence-corrected chi connectivity index (χ2v) is 9.66. The Hall–Kier alpha value is -2.53. The molecular weight excluding hydrogens is 453 g/mol. The molecule has 1 aliphatic heterocycles. The molecule has 1 saturated carbocycles. The molecule has 3 N–H and O–H groups in total. The second kappa shape index (κ2) is 13.0. The Bertz CT molecular complexity index is 849. The molecule has 0 aromatic carbocycles. The van der Waals surface area contributed by atoms with E-state index in [-0.39, 0.29) is 30.6 Å². The van der Waals surface area contributed by atoms with E-state index in [0.29, 0.717) is 29.8 Å². The number of halogens is 1. The summed E-state index contributed by atoms with van der Waals surface area (Å²) in [6.07, 6.45) is 7.06. The SMILES string of the molecule is CCN(CC)C[C@@H]1CCCN1c1nc(C)nc(NNC(=O)[C@@H](CC2CCCC2)CN(O)C=O)c1F. The molecule has 10 nitrogen and oxygen atoms in total. The van der Waals surface area contributed by atoms with E-state index in [4.69, 9.17) is 0 Å². The summed E-state index contributed by atoms with van der Waals surface area (Å²) in [4.78, 5) is 36.7. The summed E-state index contributed by atoms with van der Waals surface area (Å²) in [6, 6.07) is 0.163. The molecule has 2 fully saturated rings. The number of rotatable bonds is 13. The number of anilines is 2. The number of aryl methyl sites for hydroxylation is 1. The van der Waals surface area contributed by atoms with Crippen LogP contribution in [0.4, 0.5) is 16.0 Å². The number of hydrogen-bond acceptors (Lipinski definition) is 8. The Morgan fingerprint density at radius 3 is 2.60 bits per heavy atom. The predicted octanol–water partition coefficient (Wildman–Crippen LogP) is 2.72. The van der Waals surface area contributed by atoms with Crippen molar-refractivity contribution in [2.45, 2.75) is 71.8 Å². The van der Waals surface area contributed by atoms with Gasteiger partial charge in [-0.25, -0.2) is 15.0 Å². The Labute approximate surface area is 207 Å². The molecule has 35 heavy (non-hydrogen) atoms. The Balaban J connectivity index is 1.71. The van der Waals surface area contributed by atoms with E-state index in [1.165, 1.54) is 0 Å². The average molecular weight is 494 g/mol. The number of nitrogens with zero attached hydrogens (tertiary/aromatic N) is 5. The van der Waals surface area contributed by atoms with E-state index >= 15 is 4.39 Å². The number of carbonyl (C=O) groups excluding carboxylic acids is 2. The standard InChI is InChI=1S/C24H40FN7O3/c1-4-30(5-2)15-20-11-8-12-32(20)23-21(25)22(26-17(3)27-23)28-29-24(34)19(14-31(35)16-33)13-18-9-6-7-10-18/h16,18-20,35H,4-15H2,1-3H3,(H,29,34)(H,26,27,28)/t19-,20-/m0/s1. The van der Waals surface area contributed by atoms with Crippen LogP contribution in [0.15, 0.2) is 0 Å². The van der Waals surface area contributed by atoms with Crippen molar-refractivity contribution < 1.29 is 19.2 Å². The van der Waals surface area contributed by atoms with Gasteiger partial charge in [-0.3, -0.25) is 25.6 Å². The highest BCUT2D eigenvalue weighted by atomic mass is 19.1. The maximum absolute atomic E-state index is 15.5. The highest BCUT2D eigenvalue weighted by Gasteiger charge is 2.31. The molecule has 2 heterocycles. The van der Waals surface area contributed by atoms with Crippen LogP contribution in [0.5, 0.6) is 0 Å². The fraction of sp³-hybridized carbons (Fsp3) is 0.750. The Morgan fingerprint density at radius 1 is 1.23 bits per heavy atom. The van der Waals surface area contributed by atoms with Crippen molar-refractivity contribution in [2.24, 2.45) is 11.8 Å². The van der Waals surface area contributed by atoms with Crippen molar-refractivity contribution in [3.63, 3.8) is 0 Å². The van der Waals surface area contributed by atoms with Crippen molar-refractivity contribution in [3.8, 4) is 0 Å². The number of likely N-dealkylation sites (N-methyl/N-ethyl adjacent to an activating group) is 1. The molecule has 3 rings (SSSR count). The van der Waals surface area contributed by atoms with Crippen LogP contribution in [-0.4, -0.2) is 76.2 Å². The summed E-state index contributed by atoms with van der Waals surface area (Å²) >= 11 is 0. The largest absolute Gasteiger partial charge is 0.350 e. The number of aromatic nitrogens is 2. The monoisotopic (exact) mass is 493 g/mol. The van der Waals surface area contributed by atoms with E-state index < -0.39 is 17.6 Å². The lowest BCUT2D eigenvalue weighted by atomic mass is 9.92. The third-order valence-corrected chi connectivity index (χ3v) is 7.25. The third kappa shape index (κ3) is 7.23. The van der Waals surface area contributed by atoms with Crippen LogP contribution in [-0.2, 0) is 9.59 Å². The van der Waals surface area contributed by atoms with Crippen LogP contribution < -0.4 is 15.8 Å². The number of amides is 2. The van der Waals surface area contributed by atoms with E-state index in [0.717, 1.165) is 58.2 Å². The van der Waals surface area contributed by atoms with Gasteiger partial charge in [0, 0.05) is 19.1 Å². The zero-order chi connectivity index (χ0) is 25.4. The summed E-state index contributed by atoms with van der Waals surface area (Å²) in [7, 11) is 0. The molecule has 0 spiro atoms. The van der Waals surface area contributed by atoms with E-state index in [9.17, 15) is 14.8 Å². The van der Waals surface area contributed by atoms with E-state index in [2.05, 4.69) is 39.6 Å². The molecule has 1 aromatic heterocycles. The first-order valence-electron chi connectivity index (χ1n) is 12.9. The van der Waals surface area contributed by atoms with Gasteiger partial charge in [-0.1, -0.05) is 39.5 Å². The second-order valence-electron chi connectivity index (χ2n) is 9.66. The fourth-order valence-corrected chi connectivity index (χ4v) is 5.31. The number of nitrogens with one attached hydrogen (secondary N) is 2. The molecule has 2 amide bonds. The molecule has 196 valence electrons. The maximum atomic E-state index is 15.5. The topological polar surface area (TPSA) is 114 Å². The van der Waals surface area contributed by atoms with Gasteiger partial charge < -0.3 is 9.80 Å². The first kappa shape index (κ1) is 27.1. The maximum Gasteiger partial charge on any atom is 0.243 e. The molecule has 2 atom stereocenters. The summed E-state index contributed by atoms with van der Waals surface area (Å²) in [5.41, 5.74) is 5.19. The Kier molecular flexibility index (Phi) is 10.0. The summed E-state index contributed by atoms with van der Waals surface area (Å²) < 4.78 is 15.5. The van der Waals surface area contributed by atoms with Crippen molar-refractivity contribution >= 4 is 24.0 Å². The normalized spacial score (nSPS) is 19.3. The van der Waals surface area contributed by atoms with E-state index in [1.54, 1.807) is 6.92 Å². The summed E-state index contributed by atoms with van der Waals surface area (Å²) in [5.74, 6) is -0.727. The zero-order valence-corrected chi connectivity index (χ0v) is 21.2. The van der Waals surface area contributed by atoms with Gasteiger partial charge in [0.15, 0.2) is 11.6 Å². The van der Waals surface area contributed by atoms with Gasteiger partial charge in [-0.15, -0.1) is 0 Å². The van der Waals surface area contributed by atoms with Crippen molar-refractivity contribution in [3.05, 3.63) is 11.6 Å². The molecule has 1 aromatic rings. The fourth-order valence-electron chi connectivity index (χ4n) is 5.31. The summed E-state index contributed by atoms with van der Waals surface area (Å²) in [6.45, 7) is 9.23. The molecule has 0 bridgehead atoms. The van der Waals surface area contributed by atoms with Gasteiger partial charge in [0.2, 0.25) is 18.1 Å². The van der Waals surface area contributed by atoms with Crippen LogP contribution >= 0.6 is 0 Å². The van der Waals surface area contributed by atoms with Gasteiger partial charge in [-0.2, -0.15) is 4.39 Å². The van der Waals surface area contributed by atoms with Gasteiger partial charge >= 0.3 is 0 Å². The van der Waals surface area contributed by atoms with Crippen molar-refractivity contribution in [1.29, 1.82) is 0 Å². The molecular formula is C24H40FN7O3. The average Bonchev–Trinajstić information content (AvgIpc) is 3.54. The lowest BCUT2D eigenvalue weighted by molar-refractivity contribution is -0.154. The smallest absolute Gasteiger partial charge is 0.243 e. The number of carbonyl (C=O) groups is 2. The van der Waals surface area contributed by atoms with Crippen LogP contribution in [0, 0.1) is 24.6 Å². The van der Waals surface area contributed by atoms with Crippen LogP contribution in [0.3, 0.4) is 0 Å². The summed E-state index contributed by atoms with van der Waals surface area (Å²) in [5, 5.41) is 10.2. The molecule has 1 saturated heterocycles. The van der Waals surface area contributed by atoms with Crippen LogP contribution in [0.25, 0.3) is 0 Å². The van der Waals surface area contributed by atoms with Gasteiger partial charge in [0.25, 0.3) is 0 Å². The van der Waals surface area contributed by atoms with Gasteiger partial charge in [-0.05, 0) is 45.2 Å². The number of hydroxylamine groups is 2. The molecule has 0 radical (unpaired) electrons. The minimum Gasteiger partial charge on any atom is -0.350 e. The molecule has 11 heteroatoms. The minimum absolute atomic E-state index is 0.0924. The van der Waals surface area contributed by atoms with E-state index in [1.807, 2.05) is 4.90 Å². The zero-order valence-electron chi connectivity index (χ0n) is 21.2. The predicted molar refractivity (Wildman–Crippen MR) is 131 cm³/mol. The lowest BCUT2D eigenvalue weighted by Crippen LogP contribution is -2.42. The first-order valence-corrected chi connectivity index (χ1v) is 12.9. The highest BCUT2D eigenvalue weighted by molar-refractivity contribution is 5.80. The third-order valence-electron chi connectivity index (χ3n) is 7.25. The molecule has 1 aliphatic carbocycles. The van der Waals surface area contributed by atoms with Gasteiger partial charge in [0.05, 0.1) is 12.5 Å². The van der Waals surface area contributed by atoms with Crippen molar-refractivity contribution in [1.82, 2.24) is 25.4 Å². The minimum atomic E-state index is -0.622. The van der Waals surface area contributed by atoms with Crippen molar-refractivity contribution in [2.75, 3.05) is 43.0 Å². The molecule has 2 aliphatic rings. The number of hydrogen-bond donors (Lipinski definition) is 3. The number of hydrazine groups is 1. The molecule has 0 unspecified atom stereocenters. The first-order chi connectivity index (χ1) is 16.9. The van der Waals surface area contributed by atoms with Crippen LogP contribution in [0.1, 0.15) is 64.6 Å². The van der Waals surface area contributed by atoms with Gasteiger partial charge in [0.1, 0.15) is 5.82 Å².